The van der Waals surface area contributed by atoms with Gasteiger partial charge >= 0.3 is 6.18 Å². The summed E-state index contributed by atoms with van der Waals surface area (Å²) >= 11 is 1.19. The number of hydrogen-bond acceptors (Lipinski definition) is 5. The first-order valence-corrected chi connectivity index (χ1v) is 7.32. The molecule has 0 bridgehead atoms. The predicted octanol–water partition coefficient (Wildman–Crippen LogP) is 3.44. The first-order valence-electron chi connectivity index (χ1n) is 6.34. The Bertz CT molecular complexity index is 702. The van der Waals surface area contributed by atoms with Gasteiger partial charge in [-0.1, -0.05) is 0 Å². The van der Waals surface area contributed by atoms with Gasteiger partial charge in [-0.05, 0) is 42.5 Å². The third-order valence-electron chi connectivity index (χ3n) is 2.83. The van der Waals surface area contributed by atoms with Crippen molar-refractivity contribution in [3.63, 3.8) is 0 Å². The van der Waals surface area contributed by atoms with Crippen LogP contribution in [0.3, 0.4) is 0 Å². The highest BCUT2D eigenvalue weighted by Gasteiger charge is 2.33. The van der Waals surface area contributed by atoms with Crippen molar-refractivity contribution in [2.24, 2.45) is 0 Å². The summed E-state index contributed by atoms with van der Waals surface area (Å²) in [6, 6.07) is 5.27. The molecule has 2 rings (SSSR count). The van der Waals surface area contributed by atoms with Crippen molar-refractivity contribution in [1.29, 1.82) is 5.26 Å². The van der Waals surface area contributed by atoms with E-state index in [1.54, 1.807) is 10.8 Å². The Balaban J connectivity index is 2.21. The molecule has 0 saturated carbocycles. The lowest BCUT2D eigenvalue weighted by molar-refractivity contribution is -0.137. The number of alkyl halides is 3. The van der Waals surface area contributed by atoms with E-state index < -0.39 is 11.7 Å². The van der Waals surface area contributed by atoms with Crippen LogP contribution in [0.25, 0.3) is 0 Å². The van der Waals surface area contributed by atoms with Crippen LogP contribution >= 0.6 is 11.8 Å². The van der Waals surface area contributed by atoms with Crippen LogP contribution in [0.5, 0.6) is 0 Å². The van der Waals surface area contributed by atoms with E-state index in [4.69, 9.17) is 5.26 Å². The summed E-state index contributed by atoms with van der Waals surface area (Å²) in [4.78, 5) is 0.407. The molecule has 0 amide bonds. The van der Waals surface area contributed by atoms with Gasteiger partial charge in [0.1, 0.15) is 0 Å². The second-order valence-corrected chi connectivity index (χ2v) is 5.79. The maximum absolute atomic E-state index is 12.9. The van der Waals surface area contributed by atoms with Crippen molar-refractivity contribution < 1.29 is 13.2 Å². The van der Waals surface area contributed by atoms with E-state index in [1.165, 1.54) is 23.9 Å². The number of tetrazole rings is 1. The Hall–Kier alpha value is -2.08. The maximum atomic E-state index is 12.9. The summed E-state index contributed by atoms with van der Waals surface area (Å²) in [6.45, 7) is 3.82. The second-order valence-electron chi connectivity index (χ2n) is 4.74. The first kappa shape index (κ1) is 16.3. The maximum Gasteiger partial charge on any atom is 0.417 e. The fourth-order valence-corrected chi connectivity index (χ4v) is 2.65. The Kier molecular flexibility index (Phi) is 4.71. The summed E-state index contributed by atoms with van der Waals surface area (Å²) in [5, 5.41) is 20.0. The van der Waals surface area contributed by atoms with Gasteiger partial charge in [-0.15, -0.1) is 16.9 Å². The van der Waals surface area contributed by atoms with Gasteiger partial charge in [-0.2, -0.15) is 18.4 Å². The van der Waals surface area contributed by atoms with Crippen LogP contribution < -0.4 is 0 Å². The minimum atomic E-state index is -4.55. The summed E-state index contributed by atoms with van der Waals surface area (Å²) < 4.78 is 40.3. The van der Waals surface area contributed by atoms with Gasteiger partial charge in [0.2, 0.25) is 0 Å². The van der Waals surface area contributed by atoms with Gasteiger partial charge in [0.15, 0.2) is 5.82 Å². The Labute approximate surface area is 129 Å². The molecule has 1 aromatic carbocycles. The number of thioether (sulfide) groups is 1. The van der Waals surface area contributed by atoms with E-state index in [0.29, 0.717) is 16.5 Å². The van der Waals surface area contributed by atoms with Gasteiger partial charge < -0.3 is 0 Å². The SMILES string of the molecule is CC(C)n1nnnc1CSc1ccc(C#N)c(C(F)(F)F)c1. The van der Waals surface area contributed by atoms with Gasteiger partial charge in [0.05, 0.1) is 29.0 Å². The largest absolute Gasteiger partial charge is 0.417 e. The van der Waals surface area contributed by atoms with Crippen molar-refractivity contribution in [3.8, 4) is 6.07 Å². The molecule has 0 unspecified atom stereocenters. The average molecular weight is 327 g/mol. The quantitative estimate of drug-likeness (QED) is 0.805. The molecule has 1 aromatic heterocycles. The van der Waals surface area contributed by atoms with Crippen molar-refractivity contribution in [1.82, 2.24) is 20.2 Å². The topological polar surface area (TPSA) is 67.4 Å². The van der Waals surface area contributed by atoms with Crippen molar-refractivity contribution >= 4 is 11.8 Å². The lowest BCUT2D eigenvalue weighted by Gasteiger charge is -2.11. The number of halogens is 3. The van der Waals surface area contributed by atoms with Crippen LogP contribution in [0.15, 0.2) is 23.1 Å². The molecule has 116 valence electrons. The molecule has 0 aliphatic heterocycles. The molecule has 0 saturated heterocycles. The highest BCUT2D eigenvalue weighted by atomic mass is 32.2. The zero-order valence-electron chi connectivity index (χ0n) is 11.8. The average Bonchev–Trinajstić information content (AvgIpc) is 2.92. The molecule has 22 heavy (non-hydrogen) atoms. The molecule has 0 atom stereocenters. The standard InChI is InChI=1S/C13H12F3N5S/c1-8(2)21-12(18-19-20-21)7-22-10-4-3-9(6-17)11(5-10)13(14,15)16/h3-5,8H,7H2,1-2H3. The Morgan fingerprint density at radius 1 is 1.36 bits per heavy atom. The molecule has 0 aliphatic rings. The predicted molar refractivity (Wildman–Crippen MR) is 73.9 cm³/mol. The van der Waals surface area contributed by atoms with Gasteiger partial charge in [-0.25, -0.2) is 4.68 Å². The van der Waals surface area contributed by atoms with E-state index in [9.17, 15) is 13.2 Å². The molecule has 5 nitrogen and oxygen atoms in total. The summed E-state index contributed by atoms with van der Waals surface area (Å²) in [5.74, 6) is 0.923. The van der Waals surface area contributed by atoms with Crippen LogP contribution in [0.2, 0.25) is 0 Å². The third kappa shape index (κ3) is 3.57. The number of benzene rings is 1. The zero-order valence-corrected chi connectivity index (χ0v) is 12.6. The highest BCUT2D eigenvalue weighted by Crippen LogP contribution is 2.35. The van der Waals surface area contributed by atoms with E-state index in [0.717, 1.165) is 6.07 Å². The fraction of sp³-hybridized carbons (Fsp3) is 0.385. The zero-order chi connectivity index (χ0) is 16.3. The second kappa shape index (κ2) is 6.36. The monoisotopic (exact) mass is 327 g/mol. The van der Waals surface area contributed by atoms with Crippen molar-refractivity contribution in [2.75, 3.05) is 0 Å². The van der Waals surface area contributed by atoms with Gasteiger partial charge in [-0.3, -0.25) is 0 Å². The lowest BCUT2D eigenvalue weighted by atomic mass is 10.1. The summed E-state index contributed by atoms with van der Waals surface area (Å²) in [5.41, 5.74) is -1.31. The van der Waals surface area contributed by atoms with Crippen LogP contribution in [0.1, 0.15) is 36.8 Å². The lowest BCUT2D eigenvalue weighted by Crippen LogP contribution is -2.08. The summed E-state index contributed by atoms with van der Waals surface area (Å²) in [7, 11) is 0. The number of rotatable bonds is 4. The Morgan fingerprint density at radius 3 is 2.68 bits per heavy atom. The van der Waals surface area contributed by atoms with Gasteiger partial charge in [0, 0.05) is 4.90 Å². The fourth-order valence-electron chi connectivity index (χ4n) is 1.80. The van der Waals surface area contributed by atoms with Gasteiger partial charge in [0.25, 0.3) is 0 Å². The molecule has 0 radical (unpaired) electrons. The number of aromatic nitrogens is 4. The van der Waals surface area contributed by atoms with Crippen LogP contribution in [-0.2, 0) is 11.9 Å². The minimum absolute atomic E-state index is 0.0669. The highest BCUT2D eigenvalue weighted by molar-refractivity contribution is 7.98. The molecule has 0 fully saturated rings. The summed E-state index contributed by atoms with van der Waals surface area (Å²) in [6.07, 6.45) is -4.55. The van der Waals surface area contributed by atoms with Crippen molar-refractivity contribution in [2.45, 2.75) is 36.7 Å². The number of nitrogens with zero attached hydrogens (tertiary/aromatic N) is 5. The molecule has 0 aliphatic carbocycles. The normalized spacial score (nSPS) is 11.7. The van der Waals surface area contributed by atoms with Crippen LogP contribution in [-0.4, -0.2) is 20.2 Å². The molecular weight excluding hydrogens is 315 g/mol. The van der Waals surface area contributed by atoms with Crippen LogP contribution in [0, 0.1) is 11.3 Å². The van der Waals surface area contributed by atoms with E-state index in [1.807, 2.05) is 13.8 Å². The molecule has 0 spiro atoms. The molecule has 0 N–H and O–H groups in total. The van der Waals surface area contributed by atoms with Crippen LogP contribution in [0.4, 0.5) is 13.2 Å². The molecule has 1 heterocycles. The third-order valence-corrected chi connectivity index (χ3v) is 3.82. The molecular formula is C13H12F3N5S. The van der Waals surface area contributed by atoms with E-state index in [2.05, 4.69) is 15.5 Å². The molecule has 2 aromatic rings. The number of hydrogen-bond donors (Lipinski definition) is 0. The molecule has 9 heteroatoms. The van der Waals surface area contributed by atoms with E-state index in [-0.39, 0.29) is 11.6 Å². The Morgan fingerprint density at radius 2 is 2.09 bits per heavy atom. The van der Waals surface area contributed by atoms with E-state index >= 15 is 0 Å². The first-order chi connectivity index (χ1) is 10.3. The number of nitriles is 1. The smallest absolute Gasteiger partial charge is 0.226 e. The van der Waals surface area contributed by atoms with Crippen molar-refractivity contribution in [3.05, 3.63) is 35.2 Å². The minimum Gasteiger partial charge on any atom is -0.226 e.